The Balaban J connectivity index is 2.22. The number of hydrogen-bond donors (Lipinski definition) is 2. The molecule has 0 spiro atoms. The zero-order chi connectivity index (χ0) is 14.3. The van der Waals surface area contributed by atoms with Gasteiger partial charge in [-0.1, -0.05) is 29.8 Å². The minimum atomic E-state index is 0.514. The van der Waals surface area contributed by atoms with Gasteiger partial charge in [0.05, 0.1) is 18.8 Å². The summed E-state index contributed by atoms with van der Waals surface area (Å²) in [4.78, 5) is 0. The van der Waals surface area contributed by atoms with Crippen LogP contribution in [0.2, 0.25) is 0 Å². The maximum atomic E-state index is 6.05. The van der Waals surface area contributed by atoms with Gasteiger partial charge in [-0.15, -0.1) is 11.3 Å². The largest absolute Gasteiger partial charge is 0.382 e. The number of hydrogen-bond acceptors (Lipinski definition) is 3. The van der Waals surface area contributed by atoms with Crippen LogP contribution in [0.5, 0.6) is 0 Å². The van der Waals surface area contributed by atoms with Crippen molar-refractivity contribution in [2.75, 3.05) is 5.73 Å². The van der Waals surface area contributed by atoms with E-state index in [9.17, 15) is 0 Å². The Hall–Kier alpha value is -1.11. The number of nitrogens with zero attached hydrogens (tertiary/aromatic N) is 1. The van der Waals surface area contributed by atoms with Crippen LogP contribution < -0.4 is 5.73 Å². The summed E-state index contributed by atoms with van der Waals surface area (Å²) in [7, 11) is 0. The lowest BCUT2D eigenvalue weighted by Crippen LogP contribution is -1.89. The van der Waals surface area contributed by atoms with Gasteiger partial charge in [0, 0.05) is 5.56 Å². The molecule has 0 bridgehead atoms. The number of thiophene rings is 1. The second-order valence-corrected chi connectivity index (χ2v) is 8.22. The van der Waals surface area contributed by atoms with Crippen LogP contribution in [0.4, 0.5) is 5.82 Å². The van der Waals surface area contributed by atoms with E-state index in [1.807, 2.05) is 12.1 Å². The van der Waals surface area contributed by atoms with Crippen molar-refractivity contribution in [3.63, 3.8) is 0 Å². The monoisotopic (exact) mass is 411 g/mol. The third-order valence-electron chi connectivity index (χ3n) is 3.03. The Morgan fingerprint density at radius 1 is 1.25 bits per heavy atom. The number of nitrogens with one attached hydrogen (secondary N) is 1. The number of H-pyrrole nitrogens is 1. The number of anilines is 1. The van der Waals surface area contributed by atoms with Gasteiger partial charge in [-0.2, -0.15) is 5.10 Å². The molecule has 0 unspecified atom stereocenters. The first-order chi connectivity index (χ1) is 9.56. The molecule has 0 saturated heterocycles. The molecule has 3 nitrogen and oxygen atoms in total. The molecule has 2 aromatic heterocycles. The molecule has 0 aliphatic heterocycles. The summed E-state index contributed by atoms with van der Waals surface area (Å²) < 4.78 is 2.10. The topological polar surface area (TPSA) is 54.7 Å². The summed E-state index contributed by atoms with van der Waals surface area (Å²) in [5.41, 5.74) is 11.3. The zero-order valence-electron chi connectivity index (χ0n) is 10.6. The first kappa shape index (κ1) is 13.9. The summed E-state index contributed by atoms with van der Waals surface area (Å²) in [5, 5.41) is 7.21. The van der Waals surface area contributed by atoms with Crippen molar-refractivity contribution < 1.29 is 0 Å². The lowest BCUT2D eigenvalue weighted by molar-refractivity contribution is 1.10. The Labute approximate surface area is 137 Å². The molecular weight excluding hydrogens is 402 g/mol. The van der Waals surface area contributed by atoms with Crippen LogP contribution in [-0.2, 0) is 0 Å². The van der Waals surface area contributed by atoms with E-state index in [-0.39, 0.29) is 0 Å². The van der Waals surface area contributed by atoms with Gasteiger partial charge in [0.15, 0.2) is 5.82 Å². The van der Waals surface area contributed by atoms with E-state index in [0.29, 0.717) is 5.82 Å². The molecule has 0 aliphatic rings. The second kappa shape index (κ2) is 5.35. The summed E-state index contributed by atoms with van der Waals surface area (Å²) >= 11 is 8.71. The third kappa shape index (κ3) is 2.43. The van der Waals surface area contributed by atoms with Crippen molar-refractivity contribution in [1.29, 1.82) is 0 Å². The molecule has 2 heterocycles. The van der Waals surface area contributed by atoms with Gasteiger partial charge in [-0.3, -0.25) is 5.10 Å². The number of nitrogen functional groups attached to an aromatic ring is 1. The predicted octanol–water partition coefficient (Wildman–Crippen LogP) is 5.22. The maximum Gasteiger partial charge on any atom is 0.153 e. The maximum absolute atomic E-state index is 6.05. The van der Waals surface area contributed by atoms with Crippen LogP contribution >= 0.6 is 43.2 Å². The fraction of sp³-hybridized carbons (Fsp3) is 0.0714. The van der Waals surface area contributed by atoms with E-state index in [1.165, 1.54) is 5.56 Å². The van der Waals surface area contributed by atoms with Gasteiger partial charge in [0.2, 0.25) is 0 Å². The van der Waals surface area contributed by atoms with Crippen molar-refractivity contribution in [2.45, 2.75) is 6.92 Å². The molecular formula is C14H11Br2N3S. The molecule has 3 N–H and O–H groups in total. The van der Waals surface area contributed by atoms with Crippen LogP contribution in [0, 0.1) is 6.92 Å². The van der Waals surface area contributed by atoms with E-state index in [2.05, 4.69) is 67.2 Å². The highest BCUT2D eigenvalue weighted by atomic mass is 79.9. The zero-order valence-corrected chi connectivity index (χ0v) is 14.6. The molecule has 20 heavy (non-hydrogen) atoms. The Morgan fingerprint density at radius 2 is 2.05 bits per heavy atom. The molecule has 6 heteroatoms. The number of benzene rings is 1. The highest BCUT2D eigenvalue weighted by molar-refractivity contribution is 9.12. The van der Waals surface area contributed by atoms with Crippen LogP contribution in [-0.4, -0.2) is 10.2 Å². The van der Waals surface area contributed by atoms with E-state index >= 15 is 0 Å². The summed E-state index contributed by atoms with van der Waals surface area (Å²) in [6.07, 6.45) is 0. The summed E-state index contributed by atoms with van der Waals surface area (Å²) in [6.45, 7) is 2.07. The van der Waals surface area contributed by atoms with Crippen LogP contribution in [0.3, 0.4) is 0 Å². The lowest BCUT2D eigenvalue weighted by Gasteiger charge is -2.05. The SMILES string of the molecule is Cc1cccc(-c2c(N)n[nH]c2-c2cc(Br)sc2Br)c1. The smallest absolute Gasteiger partial charge is 0.153 e. The van der Waals surface area contributed by atoms with Gasteiger partial charge >= 0.3 is 0 Å². The number of aromatic amines is 1. The molecule has 0 fully saturated rings. The molecule has 3 rings (SSSR count). The van der Waals surface area contributed by atoms with Gasteiger partial charge in [-0.25, -0.2) is 0 Å². The number of nitrogens with two attached hydrogens (primary N) is 1. The fourth-order valence-corrected chi connectivity index (χ4v) is 4.98. The second-order valence-electron chi connectivity index (χ2n) is 4.47. The van der Waals surface area contributed by atoms with Crippen molar-refractivity contribution in [1.82, 2.24) is 10.2 Å². The minimum Gasteiger partial charge on any atom is -0.382 e. The highest BCUT2D eigenvalue weighted by Gasteiger charge is 2.18. The normalized spacial score (nSPS) is 10.9. The average molecular weight is 413 g/mol. The molecule has 0 aliphatic carbocycles. The number of aromatic nitrogens is 2. The van der Waals surface area contributed by atoms with E-state index in [0.717, 1.165) is 30.0 Å². The minimum absolute atomic E-state index is 0.514. The van der Waals surface area contributed by atoms with Gasteiger partial charge in [0.25, 0.3) is 0 Å². The van der Waals surface area contributed by atoms with Crippen molar-refractivity contribution in [3.05, 3.63) is 43.5 Å². The Morgan fingerprint density at radius 3 is 2.70 bits per heavy atom. The van der Waals surface area contributed by atoms with Crippen molar-refractivity contribution >= 4 is 49.0 Å². The summed E-state index contributed by atoms with van der Waals surface area (Å²) in [6, 6.07) is 10.3. The van der Waals surface area contributed by atoms with Gasteiger partial charge in [-0.05, 0) is 50.4 Å². The van der Waals surface area contributed by atoms with E-state index in [1.54, 1.807) is 11.3 Å². The fourth-order valence-electron chi connectivity index (χ4n) is 2.15. The highest BCUT2D eigenvalue weighted by Crippen LogP contribution is 2.43. The summed E-state index contributed by atoms with van der Waals surface area (Å²) in [5.74, 6) is 0.514. The van der Waals surface area contributed by atoms with Gasteiger partial charge < -0.3 is 5.73 Å². The van der Waals surface area contributed by atoms with Crippen LogP contribution in [0.15, 0.2) is 37.9 Å². The van der Waals surface area contributed by atoms with E-state index in [4.69, 9.17) is 5.73 Å². The quantitative estimate of drug-likeness (QED) is 0.606. The molecule has 1 aromatic carbocycles. The Kier molecular flexibility index (Phi) is 3.70. The third-order valence-corrected chi connectivity index (χ3v) is 5.37. The van der Waals surface area contributed by atoms with Crippen LogP contribution in [0.25, 0.3) is 22.4 Å². The number of aryl methyl sites for hydroxylation is 1. The first-order valence-corrected chi connectivity index (χ1v) is 8.32. The van der Waals surface area contributed by atoms with Crippen molar-refractivity contribution in [3.8, 4) is 22.4 Å². The predicted molar refractivity (Wildman–Crippen MR) is 91.9 cm³/mol. The molecule has 3 aromatic rings. The standard InChI is InChI=1S/C14H11Br2N3S/c1-7-3-2-4-8(5-7)11-12(18-19-14(11)17)9-6-10(15)20-13(9)16/h2-6H,1H3,(H3,17,18,19). The van der Waals surface area contributed by atoms with E-state index < -0.39 is 0 Å². The van der Waals surface area contributed by atoms with Gasteiger partial charge in [0.1, 0.15) is 0 Å². The number of rotatable bonds is 2. The average Bonchev–Trinajstić information content (AvgIpc) is 2.92. The molecule has 0 radical (unpaired) electrons. The van der Waals surface area contributed by atoms with Crippen molar-refractivity contribution in [2.24, 2.45) is 0 Å². The molecule has 102 valence electrons. The first-order valence-electron chi connectivity index (χ1n) is 5.92. The lowest BCUT2D eigenvalue weighted by atomic mass is 10.0. The Bertz CT molecular complexity index is 777. The molecule has 0 saturated carbocycles. The number of halogens is 2. The molecule has 0 amide bonds. The molecule has 0 atom stereocenters. The van der Waals surface area contributed by atoms with Crippen LogP contribution in [0.1, 0.15) is 5.56 Å².